The predicted octanol–water partition coefficient (Wildman–Crippen LogP) is 4.80. The standard InChI is InChI=1S/C23H26F2N8/c1-3-5-6-20-27-22(23(24,25)12-4-2)30-33(20)15-16-7-9-17(10-8-16)18-11-13-26-14-19(18)21-28-31-32-29-21/h7-11,13-14H,3-6,12,15H2,1-2H3,(H,28,29,31,32). The number of unbranched alkanes of at least 4 members (excludes halogenated alkanes) is 1. The van der Waals surface area contributed by atoms with Crippen LogP contribution in [0.4, 0.5) is 8.78 Å². The summed E-state index contributed by atoms with van der Waals surface area (Å²) in [5.74, 6) is -2.34. The molecule has 4 aromatic rings. The van der Waals surface area contributed by atoms with E-state index in [1.54, 1.807) is 24.0 Å². The molecule has 3 heterocycles. The van der Waals surface area contributed by atoms with Gasteiger partial charge in [0.05, 0.1) is 6.54 Å². The highest BCUT2D eigenvalue weighted by molar-refractivity contribution is 5.79. The maximum Gasteiger partial charge on any atom is 0.308 e. The number of hydrogen-bond donors (Lipinski definition) is 1. The van der Waals surface area contributed by atoms with E-state index in [-0.39, 0.29) is 12.2 Å². The van der Waals surface area contributed by atoms with Gasteiger partial charge in [0.15, 0.2) is 0 Å². The van der Waals surface area contributed by atoms with Crippen LogP contribution in [0.1, 0.15) is 56.7 Å². The summed E-state index contributed by atoms with van der Waals surface area (Å²) in [5, 5.41) is 18.4. The number of pyridine rings is 1. The first-order valence-electron chi connectivity index (χ1n) is 11.1. The van der Waals surface area contributed by atoms with E-state index >= 15 is 0 Å². The SMILES string of the molecule is CCCCc1nc(C(F)(F)CCC)nn1Cc1ccc(-c2ccncc2-c2nn[nH]n2)cc1. The Morgan fingerprint density at radius 2 is 1.85 bits per heavy atom. The van der Waals surface area contributed by atoms with Gasteiger partial charge in [-0.1, -0.05) is 44.5 Å². The summed E-state index contributed by atoms with van der Waals surface area (Å²) in [4.78, 5) is 8.38. The first-order chi connectivity index (χ1) is 16.0. The number of aryl methyl sites for hydroxylation is 1. The summed E-state index contributed by atoms with van der Waals surface area (Å²) in [7, 11) is 0. The number of aromatic nitrogens is 8. The number of H-pyrrole nitrogens is 1. The minimum absolute atomic E-state index is 0.256. The molecule has 0 amide bonds. The molecular weight excluding hydrogens is 426 g/mol. The molecule has 3 aromatic heterocycles. The molecule has 0 atom stereocenters. The van der Waals surface area contributed by atoms with E-state index in [9.17, 15) is 8.78 Å². The first kappa shape index (κ1) is 22.6. The summed E-state index contributed by atoms with van der Waals surface area (Å²) in [6.07, 6.45) is 5.96. The van der Waals surface area contributed by atoms with Gasteiger partial charge in [-0.25, -0.2) is 9.67 Å². The Morgan fingerprint density at radius 1 is 1.03 bits per heavy atom. The molecule has 10 heteroatoms. The van der Waals surface area contributed by atoms with E-state index in [4.69, 9.17) is 0 Å². The third-order valence-corrected chi connectivity index (χ3v) is 5.40. The number of nitrogens with zero attached hydrogens (tertiary/aromatic N) is 7. The van der Waals surface area contributed by atoms with Crippen molar-refractivity contribution in [2.45, 2.75) is 58.4 Å². The van der Waals surface area contributed by atoms with Crippen LogP contribution in [0.2, 0.25) is 0 Å². The lowest BCUT2D eigenvalue weighted by Gasteiger charge is -2.10. The fourth-order valence-electron chi connectivity index (χ4n) is 3.66. The molecule has 4 rings (SSSR count). The van der Waals surface area contributed by atoms with E-state index in [2.05, 4.69) is 42.6 Å². The van der Waals surface area contributed by atoms with Gasteiger partial charge < -0.3 is 0 Å². The molecule has 0 saturated heterocycles. The van der Waals surface area contributed by atoms with Crippen LogP contribution in [0.5, 0.6) is 0 Å². The van der Waals surface area contributed by atoms with Gasteiger partial charge in [-0.3, -0.25) is 4.98 Å². The molecule has 0 aliphatic carbocycles. The molecule has 1 N–H and O–H groups in total. The van der Waals surface area contributed by atoms with E-state index in [1.807, 2.05) is 30.3 Å². The lowest BCUT2D eigenvalue weighted by atomic mass is 10.00. The second kappa shape index (κ2) is 9.93. The fourth-order valence-corrected chi connectivity index (χ4v) is 3.66. The molecule has 33 heavy (non-hydrogen) atoms. The molecule has 0 aliphatic rings. The molecule has 172 valence electrons. The smallest absolute Gasteiger partial charge is 0.264 e. The molecule has 0 radical (unpaired) electrons. The summed E-state index contributed by atoms with van der Waals surface area (Å²) in [5.41, 5.74) is 3.59. The molecule has 0 fully saturated rings. The molecule has 1 aromatic carbocycles. The van der Waals surface area contributed by atoms with Crippen molar-refractivity contribution in [1.29, 1.82) is 0 Å². The number of alkyl halides is 2. The maximum atomic E-state index is 14.4. The van der Waals surface area contributed by atoms with Crippen LogP contribution in [0, 0.1) is 0 Å². The largest absolute Gasteiger partial charge is 0.308 e. The van der Waals surface area contributed by atoms with Crippen LogP contribution in [0.25, 0.3) is 22.5 Å². The number of rotatable bonds is 10. The number of nitrogens with one attached hydrogen (secondary N) is 1. The lowest BCUT2D eigenvalue weighted by molar-refractivity contribution is -0.0232. The van der Waals surface area contributed by atoms with Gasteiger partial charge in [0, 0.05) is 30.8 Å². The topological polar surface area (TPSA) is 98.1 Å². The molecule has 8 nitrogen and oxygen atoms in total. The van der Waals surface area contributed by atoms with E-state index < -0.39 is 5.92 Å². The first-order valence-corrected chi connectivity index (χ1v) is 11.1. The van der Waals surface area contributed by atoms with Crippen molar-refractivity contribution in [2.75, 3.05) is 0 Å². The second-order valence-electron chi connectivity index (χ2n) is 7.92. The molecular formula is C23H26F2N8. The van der Waals surface area contributed by atoms with Crippen LogP contribution in [-0.2, 0) is 18.9 Å². The molecule has 0 unspecified atom stereocenters. The van der Waals surface area contributed by atoms with Crippen molar-refractivity contribution < 1.29 is 8.78 Å². The second-order valence-corrected chi connectivity index (χ2v) is 7.92. The van der Waals surface area contributed by atoms with Crippen LogP contribution < -0.4 is 0 Å². The quantitative estimate of drug-likeness (QED) is 0.371. The van der Waals surface area contributed by atoms with Gasteiger partial charge in [-0.15, -0.1) is 15.3 Å². The molecule has 0 spiro atoms. The highest BCUT2D eigenvalue weighted by Crippen LogP contribution is 2.31. The Labute approximate surface area is 190 Å². The molecule has 0 saturated carbocycles. The summed E-state index contributed by atoms with van der Waals surface area (Å²) in [6, 6.07) is 9.77. The Hall–Kier alpha value is -3.56. The van der Waals surface area contributed by atoms with Gasteiger partial charge in [0.25, 0.3) is 0 Å². The minimum atomic E-state index is -3.02. The monoisotopic (exact) mass is 452 g/mol. The summed E-state index contributed by atoms with van der Waals surface area (Å²) in [6.45, 7) is 4.17. The summed E-state index contributed by atoms with van der Waals surface area (Å²) >= 11 is 0. The van der Waals surface area contributed by atoms with Gasteiger partial charge in [0.2, 0.25) is 11.6 Å². The number of hydrogen-bond acceptors (Lipinski definition) is 6. The van der Waals surface area contributed by atoms with Crippen LogP contribution in [0.15, 0.2) is 42.7 Å². The van der Waals surface area contributed by atoms with Crippen molar-refractivity contribution in [3.8, 4) is 22.5 Å². The predicted molar refractivity (Wildman–Crippen MR) is 119 cm³/mol. The van der Waals surface area contributed by atoms with E-state index in [0.29, 0.717) is 31.0 Å². The van der Waals surface area contributed by atoms with Crippen molar-refractivity contribution in [3.63, 3.8) is 0 Å². The number of aromatic amines is 1. The van der Waals surface area contributed by atoms with Crippen molar-refractivity contribution in [2.24, 2.45) is 0 Å². The Balaban J connectivity index is 1.59. The van der Waals surface area contributed by atoms with Gasteiger partial charge in [0.1, 0.15) is 5.82 Å². The zero-order valence-corrected chi connectivity index (χ0v) is 18.7. The summed E-state index contributed by atoms with van der Waals surface area (Å²) < 4.78 is 30.5. The average Bonchev–Trinajstić information content (AvgIpc) is 3.49. The van der Waals surface area contributed by atoms with Crippen LogP contribution >= 0.6 is 0 Å². The zero-order valence-electron chi connectivity index (χ0n) is 18.7. The lowest BCUT2D eigenvalue weighted by Crippen LogP contribution is -2.15. The maximum absolute atomic E-state index is 14.4. The Bertz CT molecular complexity index is 1170. The molecule has 0 bridgehead atoms. The highest BCUT2D eigenvalue weighted by atomic mass is 19.3. The van der Waals surface area contributed by atoms with Crippen molar-refractivity contribution in [3.05, 3.63) is 59.9 Å². The van der Waals surface area contributed by atoms with Crippen molar-refractivity contribution >= 4 is 0 Å². The average molecular weight is 453 g/mol. The van der Waals surface area contributed by atoms with Crippen molar-refractivity contribution in [1.82, 2.24) is 40.4 Å². The van der Waals surface area contributed by atoms with Gasteiger partial charge >= 0.3 is 5.92 Å². The van der Waals surface area contributed by atoms with Crippen LogP contribution in [-0.4, -0.2) is 40.4 Å². The third-order valence-electron chi connectivity index (χ3n) is 5.40. The zero-order chi connectivity index (χ0) is 23.3. The Morgan fingerprint density at radius 3 is 2.55 bits per heavy atom. The van der Waals surface area contributed by atoms with E-state index in [1.165, 1.54) is 0 Å². The molecule has 0 aliphatic heterocycles. The number of halogens is 2. The minimum Gasteiger partial charge on any atom is -0.264 e. The number of tetrazole rings is 1. The van der Waals surface area contributed by atoms with E-state index in [0.717, 1.165) is 35.1 Å². The third kappa shape index (κ3) is 5.10. The fraction of sp³-hybridized carbons (Fsp3) is 0.391. The normalized spacial score (nSPS) is 11.8. The highest BCUT2D eigenvalue weighted by Gasteiger charge is 2.36. The van der Waals surface area contributed by atoms with Gasteiger partial charge in [-0.2, -0.15) is 14.0 Å². The Kier molecular flexibility index (Phi) is 6.81. The number of benzene rings is 1. The van der Waals surface area contributed by atoms with Crippen LogP contribution in [0.3, 0.4) is 0 Å². The van der Waals surface area contributed by atoms with Gasteiger partial charge in [-0.05, 0) is 40.8 Å².